The largest absolute Gasteiger partial charge is 0.393 e. The van der Waals surface area contributed by atoms with Crippen molar-refractivity contribution in [3.05, 3.63) is 11.6 Å². The molecule has 0 aromatic rings. The quantitative estimate of drug-likeness (QED) is 0.393. The van der Waals surface area contributed by atoms with E-state index in [0.717, 1.165) is 25.7 Å². The van der Waals surface area contributed by atoms with Gasteiger partial charge in [0.05, 0.1) is 18.3 Å². The Balaban J connectivity index is 1.81. The van der Waals surface area contributed by atoms with Crippen LogP contribution in [-0.2, 0) is 0 Å². The molecule has 4 rings (SSSR count). The first-order chi connectivity index (χ1) is 12.1. The molecule has 4 heteroatoms. The number of rotatable bonds is 0. The van der Waals surface area contributed by atoms with Gasteiger partial charge in [0.15, 0.2) is 0 Å². The van der Waals surface area contributed by atoms with Crippen molar-refractivity contribution in [2.75, 3.05) is 0 Å². The van der Waals surface area contributed by atoms with Crippen LogP contribution in [-0.4, -0.2) is 44.3 Å². The average molecular weight is 360 g/mol. The molecule has 0 bridgehead atoms. The molecule has 0 aromatic heterocycles. The predicted molar refractivity (Wildman–Crippen MR) is 98.8 cm³/mol. The maximum atomic E-state index is 11.3. The molecule has 26 heavy (non-hydrogen) atoms. The fourth-order valence-electron chi connectivity index (χ4n) is 7.32. The van der Waals surface area contributed by atoms with Crippen LogP contribution in [0.1, 0.15) is 52.9 Å². The summed E-state index contributed by atoms with van der Waals surface area (Å²) in [6.07, 6.45) is 9.91. The highest BCUT2D eigenvalue weighted by Gasteiger charge is 2.70. The summed E-state index contributed by atoms with van der Waals surface area (Å²) in [4.78, 5) is 0. The van der Waals surface area contributed by atoms with E-state index in [1.807, 2.05) is 19.9 Å². The Labute approximate surface area is 156 Å². The molecule has 4 N–H and O–H groups in total. The third-order valence-electron chi connectivity index (χ3n) is 8.99. The van der Waals surface area contributed by atoms with Crippen LogP contribution in [0.4, 0.5) is 0 Å². The topological polar surface area (TPSA) is 80.9 Å². The Bertz CT molecular complexity index is 680. The van der Waals surface area contributed by atoms with E-state index in [4.69, 9.17) is 6.42 Å². The lowest BCUT2D eigenvalue weighted by Gasteiger charge is -2.59. The lowest BCUT2D eigenvalue weighted by Crippen LogP contribution is -2.58. The van der Waals surface area contributed by atoms with Gasteiger partial charge in [-0.25, -0.2) is 0 Å². The first-order valence-electron chi connectivity index (χ1n) is 10.1. The van der Waals surface area contributed by atoms with Gasteiger partial charge in [-0.15, -0.1) is 6.42 Å². The molecule has 4 aliphatic carbocycles. The minimum Gasteiger partial charge on any atom is -0.393 e. The van der Waals surface area contributed by atoms with E-state index in [2.05, 4.69) is 12.8 Å². The highest BCUT2D eigenvalue weighted by Crippen LogP contribution is 2.68. The van der Waals surface area contributed by atoms with E-state index in [1.165, 1.54) is 5.57 Å². The van der Waals surface area contributed by atoms with E-state index in [0.29, 0.717) is 6.42 Å². The number of hydrogen-bond donors (Lipinski definition) is 4. The number of aliphatic hydroxyl groups excluding tert-OH is 3. The van der Waals surface area contributed by atoms with Crippen molar-refractivity contribution in [1.29, 1.82) is 0 Å². The van der Waals surface area contributed by atoms with Crippen molar-refractivity contribution in [3.8, 4) is 12.3 Å². The molecule has 0 aliphatic heterocycles. The molecule has 0 saturated heterocycles. The summed E-state index contributed by atoms with van der Waals surface area (Å²) < 4.78 is 0. The predicted octanol–water partition coefficient (Wildman–Crippen LogP) is 1.86. The normalized spacial score (nSPS) is 58.8. The molecule has 3 saturated carbocycles. The first-order valence-corrected chi connectivity index (χ1v) is 10.1. The fourth-order valence-corrected chi connectivity index (χ4v) is 7.32. The zero-order valence-corrected chi connectivity index (χ0v) is 16.0. The zero-order valence-electron chi connectivity index (χ0n) is 16.0. The minimum absolute atomic E-state index is 0.0513. The summed E-state index contributed by atoms with van der Waals surface area (Å²) in [6, 6.07) is 0. The molecule has 3 unspecified atom stereocenters. The molecular weight excluding hydrogens is 328 g/mol. The Morgan fingerprint density at radius 1 is 1.15 bits per heavy atom. The maximum Gasteiger partial charge on any atom is 0.135 e. The van der Waals surface area contributed by atoms with Gasteiger partial charge in [-0.2, -0.15) is 0 Å². The third kappa shape index (κ3) is 2.01. The smallest absolute Gasteiger partial charge is 0.135 e. The Kier molecular flexibility index (Phi) is 3.97. The average Bonchev–Trinajstić information content (AvgIpc) is 2.75. The van der Waals surface area contributed by atoms with Crippen LogP contribution in [0.5, 0.6) is 0 Å². The Morgan fingerprint density at radius 2 is 1.85 bits per heavy atom. The van der Waals surface area contributed by atoms with E-state index in [-0.39, 0.29) is 29.3 Å². The second kappa shape index (κ2) is 5.58. The van der Waals surface area contributed by atoms with Crippen LogP contribution < -0.4 is 0 Å². The molecule has 0 aromatic carbocycles. The van der Waals surface area contributed by atoms with Crippen LogP contribution in [0.15, 0.2) is 11.6 Å². The third-order valence-corrected chi connectivity index (χ3v) is 8.99. The van der Waals surface area contributed by atoms with Gasteiger partial charge in [0.25, 0.3) is 0 Å². The van der Waals surface area contributed by atoms with Crippen LogP contribution in [0.2, 0.25) is 0 Å². The summed E-state index contributed by atoms with van der Waals surface area (Å²) in [6.45, 7) is 6.09. The van der Waals surface area contributed by atoms with Crippen molar-refractivity contribution >= 4 is 0 Å². The van der Waals surface area contributed by atoms with Crippen LogP contribution in [0, 0.1) is 46.8 Å². The molecule has 4 nitrogen and oxygen atoms in total. The maximum absolute atomic E-state index is 11.3. The van der Waals surface area contributed by atoms with Gasteiger partial charge in [-0.05, 0) is 49.4 Å². The standard InChI is InChI=1S/C22H32O4/c1-5-22(26)12(2)19(25)18-17-15(7-9-21(18,22)4)20(3)8-6-14(23)10-13(20)11-16(17)24/h1,11-12,14-19,23-26H,6-10H2,2-4H3/t12-,14-,15?,16-,17?,18?,19-,20-,21-,22-/m0/s1. The SMILES string of the molecule is C#C[C@]1(O)[C@@H](C)[C@H](O)C2C3C(CC[C@@]21C)[C@@]1(C)CC[C@H](O)CC1=C[C@@H]3O. The van der Waals surface area contributed by atoms with Crippen molar-refractivity contribution in [1.82, 2.24) is 0 Å². The van der Waals surface area contributed by atoms with E-state index in [9.17, 15) is 20.4 Å². The molecule has 3 fully saturated rings. The summed E-state index contributed by atoms with van der Waals surface area (Å²) in [5.74, 6) is 2.09. The Hall–Kier alpha value is -0.860. The fraction of sp³-hybridized carbons (Fsp3) is 0.818. The number of aliphatic hydroxyl groups is 4. The second-order valence-electron chi connectivity index (χ2n) is 9.85. The first kappa shape index (κ1) is 18.5. The second-order valence-corrected chi connectivity index (χ2v) is 9.85. The van der Waals surface area contributed by atoms with Gasteiger partial charge in [-0.1, -0.05) is 38.3 Å². The van der Waals surface area contributed by atoms with Crippen LogP contribution in [0.25, 0.3) is 0 Å². The summed E-state index contributed by atoms with van der Waals surface area (Å²) >= 11 is 0. The summed E-state index contributed by atoms with van der Waals surface area (Å²) in [5, 5.41) is 43.5. The van der Waals surface area contributed by atoms with Gasteiger partial charge < -0.3 is 20.4 Å². The van der Waals surface area contributed by atoms with Gasteiger partial charge >= 0.3 is 0 Å². The number of fused-ring (bicyclic) bond motifs is 5. The van der Waals surface area contributed by atoms with E-state index < -0.39 is 29.1 Å². The molecule has 144 valence electrons. The highest BCUT2D eigenvalue weighted by atomic mass is 16.3. The van der Waals surface area contributed by atoms with Gasteiger partial charge in [0, 0.05) is 17.3 Å². The minimum atomic E-state index is -1.35. The van der Waals surface area contributed by atoms with Crippen molar-refractivity contribution < 1.29 is 20.4 Å². The zero-order chi connectivity index (χ0) is 19.1. The number of hydrogen-bond acceptors (Lipinski definition) is 4. The molecule has 10 atom stereocenters. The number of terminal acetylenes is 1. The van der Waals surface area contributed by atoms with Crippen molar-refractivity contribution in [2.24, 2.45) is 34.5 Å². The summed E-state index contributed by atoms with van der Waals surface area (Å²) in [7, 11) is 0. The van der Waals surface area contributed by atoms with E-state index in [1.54, 1.807) is 0 Å². The molecular formula is C22H32O4. The highest BCUT2D eigenvalue weighted by molar-refractivity contribution is 5.32. The van der Waals surface area contributed by atoms with Gasteiger partial charge in [0.1, 0.15) is 5.60 Å². The van der Waals surface area contributed by atoms with Gasteiger partial charge in [0.2, 0.25) is 0 Å². The van der Waals surface area contributed by atoms with Gasteiger partial charge in [-0.3, -0.25) is 0 Å². The molecule has 0 radical (unpaired) electrons. The van der Waals surface area contributed by atoms with Crippen LogP contribution >= 0.6 is 0 Å². The van der Waals surface area contributed by atoms with E-state index >= 15 is 0 Å². The van der Waals surface area contributed by atoms with Crippen LogP contribution in [0.3, 0.4) is 0 Å². The molecule has 0 spiro atoms. The van der Waals surface area contributed by atoms with Crippen molar-refractivity contribution in [3.63, 3.8) is 0 Å². The monoisotopic (exact) mass is 360 g/mol. The van der Waals surface area contributed by atoms with Crippen molar-refractivity contribution in [2.45, 2.75) is 76.8 Å². The Morgan fingerprint density at radius 3 is 2.50 bits per heavy atom. The lowest BCUT2D eigenvalue weighted by molar-refractivity contribution is -0.136. The molecule has 4 aliphatic rings. The lowest BCUT2D eigenvalue weighted by atomic mass is 9.46. The summed E-state index contributed by atoms with van der Waals surface area (Å²) in [5.41, 5.74) is -0.834. The molecule has 0 amide bonds. The molecule has 0 heterocycles.